The van der Waals surface area contributed by atoms with Crippen molar-refractivity contribution in [2.24, 2.45) is 0 Å². The van der Waals surface area contributed by atoms with E-state index in [1.807, 2.05) is 30.7 Å². The lowest BCUT2D eigenvalue weighted by Crippen LogP contribution is -2.15. The van der Waals surface area contributed by atoms with Crippen LogP contribution in [0.15, 0.2) is 12.3 Å². The van der Waals surface area contributed by atoms with Gasteiger partial charge in [-0.15, -0.1) is 0 Å². The van der Waals surface area contributed by atoms with Gasteiger partial charge in [0.05, 0.1) is 13.2 Å². The Morgan fingerprint density at radius 3 is 2.76 bits per heavy atom. The normalized spacial score (nSPS) is 10.5. The maximum Gasteiger partial charge on any atom is 0.355 e. The van der Waals surface area contributed by atoms with E-state index in [0.29, 0.717) is 25.5 Å². The topological polar surface area (TPSA) is 40.5 Å². The lowest BCUT2D eigenvalue weighted by atomic mass is 10.3. The van der Waals surface area contributed by atoms with Gasteiger partial charge in [-0.3, -0.25) is 0 Å². The van der Waals surface area contributed by atoms with Crippen LogP contribution in [0.4, 0.5) is 0 Å². The number of carbonyl (C=O) groups excluding carboxylic acids is 1. The average Bonchev–Trinajstić information content (AvgIpc) is 2.66. The molecule has 0 bridgehead atoms. The molecule has 0 saturated heterocycles. The minimum atomic E-state index is -0.259. The molecule has 0 fully saturated rings. The van der Waals surface area contributed by atoms with Crippen molar-refractivity contribution in [2.45, 2.75) is 33.7 Å². The summed E-state index contributed by atoms with van der Waals surface area (Å²) >= 11 is 0. The van der Waals surface area contributed by atoms with Crippen molar-refractivity contribution in [3.8, 4) is 0 Å². The minimum Gasteiger partial charge on any atom is -0.461 e. The molecule has 1 heterocycles. The summed E-state index contributed by atoms with van der Waals surface area (Å²) < 4.78 is 12.3. The molecule has 0 aliphatic heterocycles. The van der Waals surface area contributed by atoms with E-state index in [9.17, 15) is 4.79 Å². The molecule has 4 nitrogen and oxygen atoms in total. The monoisotopic (exact) mass is 239 g/mol. The van der Waals surface area contributed by atoms with E-state index in [-0.39, 0.29) is 5.97 Å². The van der Waals surface area contributed by atoms with Crippen LogP contribution >= 0.6 is 0 Å². The number of aryl methyl sites for hydroxylation is 1. The van der Waals surface area contributed by atoms with Gasteiger partial charge in [-0.25, -0.2) is 4.79 Å². The molecule has 1 aromatic heterocycles. The summed E-state index contributed by atoms with van der Waals surface area (Å²) in [6.45, 7) is 8.26. The van der Waals surface area contributed by atoms with E-state index in [1.54, 1.807) is 0 Å². The van der Waals surface area contributed by atoms with Crippen LogP contribution in [0.25, 0.3) is 0 Å². The van der Waals surface area contributed by atoms with Crippen LogP contribution in [0.1, 0.15) is 36.3 Å². The second-order valence-corrected chi connectivity index (χ2v) is 3.87. The summed E-state index contributed by atoms with van der Waals surface area (Å²) in [4.78, 5) is 11.8. The fourth-order valence-corrected chi connectivity index (χ4v) is 1.66. The van der Waals surface area contributed by atoms with Crippen LogP contribution in [-0.4, -0.2) is 30.4 Å². The highest BCUT2D eigenvalue weighted by Crippen LogP contribution is 2.11. The third-order valence-corrected chi connectivity index (χ3v) is 2.46. The molecule has 0 atom stereocenters. The van der Waals surface area contributed by atoms with Gasteiger partial charge in [-0.2, -0.15) is 0 Å². The molecule has 4 heteroatoms. The summed E-state index contributed by atoms with van der Waals surface area (Å²) in [5.74, 6) is -0.259. The van der Waals surface area contributed by atoms with Gasteiger partial charge in [0.15, 0.2) is 0 Å². The van der Waals surface area contributed by atoms with Crippen molar-refractivity contribution < 1.29 is 14.3 Å². The number of hydrogen-bond acceptors (Lipinski definition) is 3. The Bertz CT molecular complexity index is 358. The Labute approximate surface area is 103 Å². The van der Waals surface area contributed by atoms with Crippen LogP contribution in [0, 0.1) is 6.92 Å². The Balaban J connectivity index is 2.62. The molecule has 0 aliphatic rings. The molecule has 0 aromatic carbocycles. The predicted octanol–water partition coefficient (Wildman–Crippen LogP) is 2.40. The van der Waals surface area contributed by atoms with E-state index in [0.717, 1.165) is 18.6 Å². The van der Waals surface area contributed by atoms with Crippen LogP contribution in [0.3, 0.4) is 0 Å². The first-order valence-electron chi connectivity index (χ1n) is 6.11. The minimum absolute atomic E-state index is 0.259. The Morgan fingerprint density at radius 2 is 2.12 bits per heavy atom. The maximum absolute atomic E-state index is 11.8. The van der Waals surface area contributed by atoms with E-state index in [2.05, 4.69) is 6.92 Å². The SMILES string of the molecule is CCCOCCn1ccc(C)c1C(=O)OCC. The van der Waals surface area contributed by atoms with Crippen molar-refractivity contribution in [3.05, 3.63) is 23.5 Å². The third-order valence-electron chi connectivity index (χ3n) is 2.46. The molecule has 17 heavy (non-hydrogen) atoms. The number of ether oxygens (including phenoxy) is 2. The van der Waals surface area contributed by atoms with Gasteiger partial charge in [0.25, 0.3) is 0 Å². The fraction of sp³-hybridized carbons (Fsp3) is 0.615. The smallest absolute Gasteiger partial charge is 0.355 e. The van der Waals surface area contributed by atoms with Crippen molar-refractivity contribution in [2.75, 3.05) is 19.8 Å². The number of hydrogen-bond donors (Lipinski definition) is 0. The van der Waals surface area contributed by atoms with Gasteiger partial charge in [0.2, 0.25) is 0 Å². The first kappa shape index (κ1) is 13.8. The second kappa shape index (κ2) is 7.12. The molecule has 0 unspecified atom stereocenters. The molecule has 0 spiro atoms. The van der Waals surface area contributed by atoms with Gasteiger partial charge >= 0.3 is 5.97 Å². The zero-order chi connectivity index (χ0) is 12.7. The molecule has 0 N–H and O–H groups in total. The molecule has 0 amide bonds. The zero-order valence-corrected chi connectivity index (χ0v) is 10.9. The Hall–Kier alpha value is -1.29. The molecule has 0 aliphatic carbocycles. The lowest BCUT2D eigenvalue weighted by molar-refractivity contribution is 0.0509. The number of nitrogens with zero attached hydrogens (tertiary/aromatic N) is 1. The van der Waals surface area contributed by atoms with E-state index in [1.165, 1.54) is 0 Å². The largest absolute Gasteiger partial charge is 0.461 e. The quantitative estimate of drug-likeness (QED) is 0.542. The van der Waals surface area contributed by atoms with Gasteiger partial charge in [0.1, 0.15) is 5.69 Å². The first-order valence-corrected chi connectivity index (χ1v) is 6.11. The Morgan fingerprint density at radius 1 is 1.35 bits per heavy atom. The van der Waals surface area contributed by atoms with Crippen molar-refractivity contribution in [3.63, 3.8) is 0 Å². The molecule has 1 aromatic rings. The highest BCUT2D eigenvalue weighted by molar-refractivity contribution is 5.89. The molecule has 96 valence electrons. The van der Waals surface area contributed by atoms with Gasteiger partial charge in [-0.05, 0) is 31.9 Å². The van der Waals surface area contributed by atoms with E-state index >= 15 is 0 Å². The third kappa shape index (κ3) is 3.89. The molecule has 0 radical (unpaired) electrons. The summed E-state index contributed by atoms with van der Waals surface area (Å²) in [5, 5.41) is 0. The first-order chi connectivity index (χ1) is 8.20. The molecule has 1 rings (SSSR count). The summed E-state index contributed by atoms with van der Waals surface area (Å²) in [6.07, 6.45) is 2.91. The summed E-state index contributed by atoms with van der Waals surface area (Å²) in [6, 6.07) is 1.92. The number of aromatic nitrogens is 1. The summed E-state index contributed by atoms with van der Waals surface area (Å²) in [5.41, 5.74) is 1.57. The molecular formula is C13H21NO3. The maximum atomic E-state index is 11.8. The number of rotatable bonds is 7. The predicted molar refractivity (Wildman–Crippen MR) is 66.2 cm³/mol. The van der Waals surface area contributed by atoms with Crippen molar-refractivity contribution in [1.29, 1.82) is 0 Å². The van der Waals surface area contributed by atoms with Gasteiger partial charge < -0.3 is 14.0 Å². The highest BCUT2D eigenvalue weighted by atomic mass is 16.5. The van der Waals surface area contributed by atoms with Gasteiger partial charge in [0, 0.05) is 19.3 Å². The van der Waals surface area contributed by atoms with Crippen LogP contribution < -0.4 is 0 Å². The number of esters is 1. The second-order valence-electron chi connectivity index (χ2n) is 3.87. The molecular weight excluding hydrogens is 218 g/mol. The van der Waals surface area contributed by atoms with Crippen molar-refractivity contribution in [1.82, 2.24) is 4.57 Å². The van der Waals surface area contributed by atoms with Crippen LogP contribution in [0.2, 0.25) is 0 Å². The van der Waals surface area contributed by atoms with Crippen molar-refractivity contribution >= 4 is 5.97 Å². The van der Waals surface area contributed by atoms with E-state index in [4.69, 9.17) is 9.47 Å². The van der Waals surface area contributed by atoms with Crippen LogP contribution in [-0.2, 0) is 16.0 Å². The molecule has 0 saturated carbocycles. The lowest BCUT2D eigenvalue weighted by Gasteiger charge is -2.09. The number of carbonyl (C=O) groups is 1. The van der Waals surface area contributed by atoms with Crippen LogP contribution in [0.5, 0.6) is 0 Å². The average molecular weight is 239 g/mol. The fourth-order valence-electron chi connectivity index (χ4n) is 1.66. The Kier molecular flexibility index (Phi) is 5.77. The highest BCUT2D eigenvalue weighted by Gasteiger charge is 2.15. The standard InChI is InChI=1S/C13H21NO3/c1-4-9-16-10-8-14-7-6-11(3)12(14)13(15)17-5-2/h6-7H,4-5,8-10H2,1-3H3. The zero-order valence-electron chi connectivity index (χ0n) is 10.9. The van der Waals surface area contributed by atoms with Gasteiger partial charge in [-0.1, -0.05) is 6.92 Å². The summed E-state index contributed by atoms with van der Waals surface area (Å²) in [7, 11) is 0. The van der Waals surface area contributed by atoms with E-state index < -0.39 is 0 Å².